The number of phenols is 1. The summed E-state index contributed by atoms with van der Waals surface area (Å²) in [7, 11) is 0. The summed E-state index contributed by atoms with van der Waals surface area (Å²) in [6.07, 6.45) is 2.01. The largest absolute Gasteiger partial charge is 0.506 e. The molecular weight excluding hydrogens is 210 g/mol. The van der Waals surface area contributed by atoms with E-state index in [4.69, 9.17) is 17.3 Å². The van der Waals surface area contributed by atoms with Gasteiger partial charge >= 0.3 is 0 Å². The average Bonchev–Trinajstić information content (AvgIpc) is 2.90. The van der Waals surface area contributed by atoms with Crippen LogP contribution in [0.25, 0.3) is 0 Å². The van der Waals surface area contributed by atoms with Gasteiger partial charge in [-0.25, -0.2) is 0 Å². The van der Waals surface area contributed by atoms with Crippen molar-refractivity contribution in [3.63, 3.8) is 0 Å². The van der Waals surface area contributed by atoms with Crippen LogP contribution in [0.2, 0.25) is 5.02 Å². The van der Waals surface area contributed by atoms with Gasteiger partial charge in [-0.05, 0) is 18.9 Å². The molecule has 0 amide bonds. The molecule has 0 heterocycles. The van der Waals surface area contributed by atoms with Gasteiger partial charge in [0.05, 0.1) is 5.02 Å². The van der Waals surface area contributed by atoms with Crippen molar-refractivity contribution in [2.24, 2.45) is 5.73 Å². The number of para-hydroxylation sites is 1. The number of hydrogen-bond donors (Lipinski definition) is 2. The zero-order valence-electron chi connectivity index (χ0n) is 9.05. The van der Waals surface area contributed by atoms with E-state index in [2.05, 4.69) is 13.8 Å². The van der Waals surface area contributed by atoms with Crippen LogP contribution in [0, 0.1) is 0 Å². The maximum Gasteiger partial charge on any atom is 0.137 e. The molecule has 82 valence electrons. The zero-order chi connectivity index (χ0) is 11.3. The highest BCUT2D eigenvalue weighted by Crippen LogP contribution is 2.51. The monoisotopic (exact) mass is 225 g/mol. The van der Waals surface area contributed by atoms with Crippen molar-refractivity contribution in [1.82, 2.24) is 0 Å². The van der Waals surface area contributed by atoms with E-state index in [9.17, 15) is 5.11 Å². The molecule has 0 spiro atoms. The van der Waals surface area contributed by atoms with Gasteiger partial charge in [0.1, 0.15) is 5.75 Å². The molecule has 0 aliphatic heterocycles. The number of halogens is 1. The van der Waals surface area contributed by atoms with Crippen molar-refractivity contribution in [2.75, 3.05) is 0 Å². The molecule has 0 saturated heterocycles. The summed E-state index contributed by atoms with van der Waals surface area (Å²) in [5.41, 5.74) is 6.64. The predicted molar refractivity (Wildman–Crippen MR) is 62.3 cm³/mol. The lowest BCUT2D eigenvalue weighted by atomic mass is 9.75. The SMILES string of the molecule is CC(C)(c1cccc(Cl)c1O)C1(N)CC1. The minimum atomic E-state index is -0.234. The van der Waals surface area contributed by atoms with Crippen LogP contribution in [0.3, 0.4) is 0 Å². The molecule has 2 nitrogen and oxygen atoms in total. The van der Waals surface area contributed by atoms with Crippen molar-refractivity contribution in [3.05, 3.63) is 28.8 Å². The number of nitrogens with two attached hydrogens (primary N) is 1. The Hall–Kier alpha value is -0.730. The Kier molecular flexibility index (Phi) is 2.25. The lowest BCUT2D eigenvalue weighted by Gasteiger charge is -2.33. The highest BCUT2D eigenvalue weighted by Gasteiger charge is 2.52. The van der Waals surface area contributed by atoms with Crippen LogP contribution in [0.15, 0.2) is 18.2 Å². The fourth-order valence-electron chi connectivity index (χ4n) is 2.05. The average molecular weight is 226 g/mol. The highest BCUT2D eigenvalue weighted by atomic mass is 35.5. The van der Waals surface area contributed by atoms with Crippen LogP contribution in [0.1, 0.15) is 32.3 Å². The number of aromatic hydroxyl groups is 1. The second-order valence-corrected chi connectivity index (χ2v) is 5.32. The fraction of sp³-hybridized carbons (Fsp3) is 0.500. The van der Waals surface area contributed by atoms with Crippen molar-refractivity contribution in [1.29, 1.82) is 0 Å². The quantitative estimate of drug-likeness (QED) is 0.813. The van der Waals surface area contributed by atoms with Crippen LogP contribution < -0.4 is 5.73 Å². The molecule has 1 saturated carbocycles. The molecule has 0 aromatic heterocycles. The van der Waals surface area contributed by atoms with Gasteiger partial charge in [0.2, 0.25) is 0 Å². The number of phenolic OH excluding ortho intramolecular Hbond substituents is 1. The number of hydrogen-bond acceptors (Lipinski definition) is 2. The molecule has 1 aromatic rings. The molecule has 1 aliphatic carbocycles. The maximum atomic E-state index is 9.94. The van der Waals surface area contributed by atoms with Crippen molar-refractivity contribution in [2.45, 2.75) is 37.6 Å². The zero-order valence-corrected chi connectivity index (χ0v) is 9.80. The summed E-state index contributed by atoms with van der Waals surface area (Å²) in [6.45, 7) is 4.12. The lowest BCUT2D eigenvalue weighted by Crippen LogP contribution is -2.43. The molecule has 1 fully saturated rings. The van der Waals surface area contributed by atoms with Gasteiger partial charge in [0.15, 0.2) is 0 Å². The second-order valence-electron chi connectivity index (χ2n) is 4.92. The van der Waals surface area contributed by atoms with Gasteiger partial charge in [-0.3, -0.25) is 0 Å². The first-order valence-corrected chi connectivity index (χ1v) is 5.53. The Bertz CT molecular complexity index is 397. The third-order valence-electron chi connectivity index (χ3n) is 3.69. The molecule has 1 aliphatic rings. The first kappa shape index (κ1) is 10.8. The Morgan fingerprint density at radius 3 is 2.53 bits per heavy atom. The summed E-state index contributed by atoms with van der Waals surface area (Å²) < 4.78 is 0. The third kappa shape index (κ3) is 1.52. The van der Waals surface area contributed by atoms with Gasteiger partial charge in [-0.2, -0.15) is 0 Å². The third-order valence-corrected chi connectivity index (χ3v) is 4.00. The van der Waals surface area contributed by atoms with Crippen LogP contribution in [-0.4, -0.2) is 10.6 Å². The Balaban J connectivity index is 2.49. The summed E-state index contributed by atoms with van der Waals surface area (Å²) in [5, 5.41) is 10.3. The van der Waals surface area contributed by atoms with E-state index in [0.717, 1.165) is 18.4 Å². The first-order chi connectivity index (χ1) is 6.88. The van der Waals surface area contributed by atoms with E-state index in [1.54, 1.807) is 6.07 Å². The number of rotatable bonds is 2. The van der Waals surface area contributed by atoms with E-state index in [-0.39, 0.29) is 16.7 Å². The lowest BCUT2D eigenvalue weighted by molar-refractivity contribution is 0.367. The Labute approximate surface area is 95.1 Å². The van der Waals surface area contributed by atoms with E-state index in [0.29, 0.717) is 5.02 Å². The second kappa shape index (κ2) is 3.13. The van der Waals surface area contributed by atoms with Gasteiger partial charge in [0.25, 0.3) is 0 Å². The Morgan fingerprint density at radius 2 is 2.00 bits per heavy atom. The predicted octanol–water partition coefficient (Wildman–Crippen LogP) is 2.81. The number of benzene rings is 1. The molecule has 1 aromatic carbocycles. The molecule has 15 heavy (non-hydrogen) atoms. The van der Waals surface area contributed by atoms with Crippen LogP contribution in [-0.2, 0) is 5.41 Å². The van der Waals surface area contributed by atoms with Gasteiger partial charge in [-0.15, -0.1) is 0 Å². The summed E-state index contributed by atoms with van der Waals surface area (Å²) in [4.78, 5) is 0. The molecule has 0 radical (unpaired) electrons. The Morgan fingerprint density at radius 1 is 1.40 bits per heavy atom. The van der Waals surface area contributed by atoms with E-state index < -0.39 is 0 Å². The van der Waals surface area contributed by atoms with Gasteiger partial charge < -0.3 is 10.8 Å². The van der Waals surface area contributed by atoms with Gasteiger partial charge in [0, 0.05) is 16.5 Å². The molecule has 0 unspecified atom stereocenters. The van der Waals surface area contributed by atoms with Crippen LogP contribution >= 0.6 is 11.6 Å². The van der Waals surface area contributed by atoms with E-state index in [1.165, 1.54) is 0 Å². The van der Waals surface area contributed by atoms with Crippen molar-refractivity contribution >= 4 is 11.6 Å². The van der Waals surface area contributed by atoms with Gasteiger partial charge in [-0.1, -0.05) is 37.6 Å². The molecule has 3 N–H and O–H groups in total. The maximum absolute atomic E-state index is 9.94. The van der Waals surface area contributed by atoms with Crippen molar-refractivity contribution < 1.29 is 5.11 Å². The first-order valence-electron chi connectivity index (χ1n) is 5.15. The molecule has 0 bridgehead atoms. The molecule has 0 atom stereocenters. The molecule has 2 rings (SSSR count). The van der Waals surface area contributed by atoms with E-state index >= 15 is 0 Å². The highest BCUT2D eigenvalue weighted by molar-refractivity contribution is 6.32. The topological polar surface area (TPSA) is 46.2 Å². The standard InChI is InChI=1S/C12H16ClNO/c1-11(2,12(14)6-7-12)8-4-3-5-9(13)10(8)15/h3-5,15H,6-7,14H2,1-2H3. The molecular formula is C12H16ClNO. The smallest absolute Gasteiger partial charge is 0.137 e. The van der Waals surface area contributed by atoms with Crippen LogP contribution in [0.5, 0.6) is 5.75 Å². The van der Waals surface area contributed by atoms with E-state index in [1.807, 2.05) is 12.1 Å². The van der Waals surface area contributed by atoms with Crippen LogP contribution in [0.4, 0.5) is 0 Å². The van der Waals surface area contributed by atoms with Crippen molar-refractivity contribution in [3.8, 4) is 5.75 Å². The summed E-state index contributed by atoms with van der Waals surface area (Å²) >= 11 is 5.90. The normalized spacial score (nSPS) is 18.9. The fourth-order valence-corrected chi connectivity index (χ4v) is 2.22. The summed E-state index contributed by atoms with van der Waals surface area (Å²) in [6, 6.07) is 5.44. The molecule has 3 heteroatoms. The minimum absolute atomic E-state index is 0.167. The summed E-state index contributed by atoms with van der Waals surface area (Å²) in [5.74, 6) is 0.167. The minimum Gasteiger partial charge on any atom is -0.506 e.